The van der Waals surface area contributed by atoms with Crippen LogP contribution in [0.25, 0.3) is 10.9 Å². The fourth-order valence-electron chi connectivity index (χ4n) is 7.12. The van der Waals surface area contributed by atoms with Gasteiger partial charge in [0.1, 0.15) is 12.2 Å². The molecule has 10 heteroatoms. The second-order valence-electron chi connectivity index (χ2n) is 22.7. The van der Waals surface area contributed by atoms with Gasteiger partial charge in [0.25, 0.3) is 0 Å². The number of nitrogens with zero attached hydrogens (tertiary/aromatic N) is 9. The summed E-state index contributed by atoms with van der Waals surface area (Å²) in [5, 5.41) is 1.29. The number of H-pyrrole nitrogens is 1. The summed E-state index contributed by atoms with van der Waals surface area (Å²) >= 11 is 0. The van der Waals surface area contributed by atoms with E-state index in [0.29, 0.717) is 53.3 Å². The highest BCUT2D eigenvalue weighted by Gasteiger charge is 2.03. The Morgan fingerprint density at radius 2 is 0.791 bits per heavy atom. The van der Waals surface area contributed by atoms with Crippen LogP contribution in [0.2, 0.25) is 0 Å². The largest absolute Gasteiger partial charge is 0.361 e. The third-order valence-electron chi connectivity index (χ3n) is 12.7. The monoisotopic (exact) mass is 1250 g/mol. The van der Waals surface area contributed by atoms with Gasteiger partial charge in [-0.25, -0.2) is 19.9 Å². The minimum absolute atomic E-state index is 0. The van der Waals surface area contributed by atoms with Gasteiger partial charge in [-0.3, -0.25) is 24.9 Å². The summed E-state index contributed by atoms with van der Waals surface area (Å²) in [4.78, 5) is 39.5. The number of nitrogens with one attached hydrogen (secondary N) is 1. The molecule has 10 nitrogen and oxygen atoms in total. The zero-order chi connectivity index (χ0) is 61.4. The summed E-state index contributed by atoms with van der Waals surface area (Å²) in [7, 11) is 0. The van der Waals surface area contributed by atoms with E-state index < -0.39 is 0 Å². The molecule has 10 rings (SSSR count). The fourth-order valence-corrected chi connectivity index (χ4v) is 7.12. The highest BCUT2D eigenvalue weighted by Crippen LogP contribution is 2.20. The van der Waals surface area contributed by atoms with Crippen molar-refractivity contribution >= 4 is 17.1 Å². The van der Waals surface area contributed by atoms with Crippen molar-refractivity contribution in [3.05, 3.63) is 252 Å². The Bertz CT molecular complexity index is 2570. The van der Waals surface area contributed by atoms with E-state index in [2.05, 4.69) is 259 Å². The Labute approximate surface area is 560 Å². The van der Waals surface area contributed by atoms with Gasteiger partial charge >= 0.3 is 0 Å². The molecule has 0 bridgehead atoms. The Morgan fingerprint density at radius 3 is 1.11 bits per heavy atom. The van der Waals surface area contributed by atoms with E-state index in [9.17, 15) is 0 Å². The lowest BCUT2D eigenvalue weighted by atomic mass is 10.0. The van der Waals surface area contributed by atoms with Crippen LogP contribution in [0.1, 0.15) is 276 Å². The van der Waals surface area contributed by atoms with Gasteiger partial charge in [0.05, 0.1) is 12.2 Å². The van der Waals surface area contributed by atoms with Crippen molar-refractivity contribution in [2.45, 2.75) is 231 Å². The van der Waals surface area contributed by atoms with Crippen molar-refractivity contribution in [1.82, 2.24) is 44.9 Å². The first-order chi connectivity index (χ1) is 39.7. The van der Waals surface area contributed by atoms with Crippen LogP contribution >= 0.6 is 0 Å². The molecule has 1 aliphatic heterocycles. The van der Waals surface area contributed by atoms with Crippen molar-refractivity contribution < 1.29 is 0 Å². The number of aromatic nitrogens is 9. The van der Waals surface area contributed by atoms with Crippen LogP contribution in [0.5, 0.6) is 0 Å². The first-order valence-corrected chi connectivity index (χ1v) is 29.7. The number of aromatic amines is 1. The quantitative estimate of drug-likeness (QED) is 0.151. The molecule has 0 saturated carbocycles. The fraction of sp³-hybridized carbons (Fsp3) is 0.444. The highest BCUT2D eigenvalue weighted by molar-refractivity contribution is 5.81. The first-order valence-electron chi connectivity index (χ1n) is 29.7. The predicted molar refractivity (Wildman–Crippen MR) is 409 cm³/mol. The summed E-state index contributed by atoms with van der Waals surface area (Å²) in [5.41, 5.74) is 11.6. The second kappa shape index (κ2) is 57.3. The molecule has 3 aromatic carbocycles. The Hall–Kier alpha value is -7.85. The van der Waals surface area contributed by atoms with Gasteiger partial charge in [0.2, 0.25) is 0 Å². The van der Waals surface area contributed by atoms with Crippen LogP contribution in [0, 0.1) is 5.92 Å². The summed E-state index contributed by atoms with van der Waals surface area (Å²) in [6, 6.07) is 41.6. The summed E-state index contributed by atoms with van der Waals surface area (Å²) in [6.45, 7) is 39.7. The number of allylic oxidation sites excluding steroid dienone is 1. The Morgan fingerprint density at radius 1 is 0.330 bits per heavy atom. The van der Waals surface area contributed by atoms with Gasteiger partial charge in [-0.1, -0.05) is 275 Å². The average molecular weight is 1250 g/mol. The summed E-state index contributed by atoms with van der Waals surface area (Å²) in [5.74, 6) is 6.09. The van der Waals surface area contributed by atoms with Crippen molar-refractivity contribution in [2.24, 2.45) is 10.9 Å². The van der Waals surface area contributed by atoms with Crippen LogP contribution < -0.4 is 0 Å². The molecule has 1 N–H and O–H groups in total. The molecule has 7 heterocycles. The van der Waals surface area contributed by atoms with E-state index >= 15 is 0 Å². The average Bonchev–Trinajstić information content (AvgIpc) is 3.20. The summed E-state index contributed by atoms with van der Waals surface area (Å²) < 4.78 is 0. The number of hydrogen-bond donors (Lipinski definition) is 1. The summed E-state index contributed by atoms with van der Waals surface area (Å²) in [6.07, 6.45) is 25.6. The van der Waals surface area contributed by atoms with Crippen LogP contribution in [-0.4, -0.2) is 57.6 Å². The zero-order valence-electron chi connectivity index (χ0n) is 53.6. The molecule has 1 aliphatic rings. The molecule has 0 amide bonds. The van der Waals surface area contributed by atoms with E-state index in [1.807, 2.05) is 79.7 Å². The molecular formula is C81H132N10. The highest BCUT2D eigenvalue weighted by atomic mass is 14.9. The van der Waals surface area contributed by atoms with Gasteiger partial charge in [-0.05, 0) is 123 Å². The zero-order valence-corrected chi connectivity index (χ0v) is 53.6. The normalized spacial score (nSPS) is 10.0. The molecule has 0 aliphatic carbocycles. The van der Waals surface area contributed by atoms with Crippen molar-refractivity contribution in [1.29, 1.82) is 0 Å². The maximum atomic E-state index is 4.18. The standard InChI is InChI=1S/C11H13N.2C9H12.2C8H11N.3C7H10N2.C7H11N.8CH4/c1-8(2)10-4-3-9-5-6-12-11(9)7-10;2*1-8(2)9-6-4-3-5-7-9;1-7(2)8-4-3-5-9-6-8;1-7(2)8-5-3-4-6-9-8;1-6(2)7-3-8-5-9-4-7;1-6(2)7-5-8-3-4-9-7;1-6(2)7-8-4-3-5-9-7;1-6(2)7-3-4-8-5-7;;;;;;;;/h3-8,12H,1-2H3;2*3-8H,1-2H3;2*3-7H,1-2H3;3*3-6H,1-2H3;3,5-6H,4H2,1-2H3;8*1H4. The molecule has 0 unspecified atom stereocenters. The van der Waals surface area contributed by atoms with Crippen molar-refractivity contribution in [3.8, 4) is 0 Å². The van der Waals surface area contributed by atoms with E-state index in [4.69, 9.17) is 0 Å². The lowest BCUT2D eigenvalue weighted by Crippen LogP contribution is -1.93. The van der Waals surface area contributed by atoms with E-state index in [1.54, 1.807) is 43.5 Å². The number of rotatable bonds is 9. The number of hydrogen-bond acceptors (Lipinski definition) is 9. The molecule has 506 valence electrons. The van der Waals surface area contributed by atoms with Crippen LogP contribution in [-0.2, 0) is 0 Å². The molecule has 6 aromatic heterocycles. The molecule has 0 spiro atoms. The lowest BCUT2D eigenvalue weighted by Gasteiger charge is -2.03. The second-order valence-corrected chi connectivity index (χ2v) is 22.7. The topological polar surface area (TPSA) is 131 Å². The maximum Gasteiger partial charge on any atom is 0.130 e. The third kappa shape index (κ3) is 43.5. The van der Waals surface area contributed by atoms with Gasteiger partial charge in [0, 0.05) is 91.5 Å². The number of fused-ring (bicyclic) bond motifs is 1. The molecule has 0 atom stereocenters. The maximum absolute atomic E-state index is 4.18. The van der Waals surface area contributed by atoms with Gasteiger partial charge in [0.15, 0.2) is 0 Å². The van der Waals surface area contributed by atoms with E-state index in [0.717, 1.165) is 23.8 Å². The van der Waals surface area contributed by atoms with Crippen molar-refractivity contribution in [3.63, 3.8) is 0 Å². The van der Waals surface area contributed by atoms with Crippen molar-refractivity contribution in [2.75, 3.05) is 6.54 Å². The van der Waals surface area contributed by atoms with Crippen LogP contribution in [0.15, 0.2) is 212 Å². The Kier molecular flexibility index (Phi) is 61.0. The predicted octanol–water partition coefficient (Wildman–Crippen LogP) is 24.9. The lowest BCUT2D eigenvalue weighted by molar-refractivity contribution is 0.774. The molecule has 91 heavy (non-hydrogen) atoms. The minimum atomic E-state index is 0. The molecular weight excluding hydrogens is 1110 g/mol. The SMILES string of the molecule is C.C.C.C.C.C.C.C.CC(C)C1=CCN=C1.CC(C)c1ccc2cc[nH]c2c1.CC(C)c1ccccc1.CC(C)c1ccccc1.CC(C)c1ccccn1.CC(C)c1cccnc1.CC(C)c1cnccn1.CC(C)c1cncnc1.CC(C)c1ncccn1. The molecule has 0 saturated heterocycles. The van der Waals surface area contributed by atoms with Crippen LogP contribution in [0.3, 0.4) is 0 Å². The number of benzene rings is 3. The molecule has 0 fully saturated rings. The number of pyridine rings is 2. The minimum Gasteiger partial charge on any atom is -0.361 e. The van der Waals surface area contributed by atoms with Gasteiger partial charge < -0.3 is 4.98 Å². The van der Waals surface area contributed by atoms with E-state index in [-0.39, 0.29) is 59.4 Å². The smallest absolute Gasteiger partial charge is 0.130 e. The first kappa shape index (κ1) is 96.8. The number of aliphatic imine (C=N–C) groups is 1. The van der Waals surface area contributed by atoms with E-state index in [1.165, 1.54) is 44.3 Å². The third-order valence-corrected chi connectivity index (χ3v) is 12.7. The Balaban J connectivity index is -0.000000173. The van der Waals surface area contributed by atoms with Gasteiger partial charge in [-0.2, -0.15) is 0 Å². The van der Waals surface area contributed by atoms with Crippen LogP contribution in [0.4, 0.5) is 0 Å². The molecule has 0 radical (unpaired) electrons. The molecule has 9 aromatic rings. The van der Waals surface area contributed by atoms with Gasteiger partial charge in [-0.15, -0.1) is 0 Å².